The summed E-state index contributed by atoms with van der Waals surface area (Å²) in [5.41, 5.74) is 1.22. The van der Waals surface area contributed by atoms with Crippen LogP contribution < -0.4 is 10.6 Å². The molecule has 140 valence electrons. The molecule has 2 aromatic rings. The molecular weight excluding hydrogens is 368 g/mol. The number of carbonyl (C=O) groups excluding carboxylic acids is 1. The van der Waals surface area contributed by atoms with E-state index >= 15 is 0 Å². The van der Waals surface area contributed by atoms with Crippen LogP contribution in [0.3, 0.4) is 0 Å². The Balaban J connectivity index is 1.38. The average molecular weight is 393 g/mol. The lowest BCUT2D eigenvalue weighted by molar-refractivity contribution is -0.120. The number of hydrogen-bond acceptors (Lipinski definition) is 7. The molecule has 1 aromatic heterocycles. The van der Waals surface area contributed by atoms with E-state index < -0.39 is 0 Å². The van der Waals surface area contributed by atoms with E-state index in [1.165, 1.54) is 28.7 Å². The van der Waals surface area contributed by atoms with Crippen LogP contribution in [0.25, 0.3) is 0 Å². The van der Waals surface area contributed by atoms with E-state index in [0.29, 0.717) is 6.54 Å². The molecule has 1 saturated heterocycles. The average Bonchev–Trinajstić information content (AvgIpc) is 3.32. The maximum atomic E-state index is 12.2. The highest BCUT2D eigenvalue weighted by Gasteiger charge is 2.18. The summed E-state index contributed by atoms with van der Waals surface area (Å²) in [5.74, 6) is 0.0231. The number of benzene rings is 1. The van der Waals surface area contributed by atoms with Crippen LogP contribution in [0.2, 0.25) is 0 Å². The SMILES string of the molecule is CC(Sc1nnc(NCC2CCCO2)s1)C(=O)NCCc1ccccc1. The monoisotopic (exact) mass is 392 g/mol. The van der Waals surface area contributed by atoms with Crippen molar-refractivity contribution >= 4 is 34.1 Å². The lowest BCUT2D eigenvalue weighted by atomic mass is 10.1. The number of ether oxygens (including phenoxy) is 1. The van der Waals surface area contributed by atoms with Crippen molar-refractivity contribution in [1.29, 1.82) is 0 Å². The molecule has 6 nitrogen and oxygen atoms in total. The molecule has 8 heteroatoms. The van der Waals surface area contributed by atoms with Gasteiger partial charge in [0.2, 0.25) is 11.0 Å². The van der Waals surface area contributed by atoms with Crippen molar-refractivity contribution < 1.29 is 9.53 Å². The van der Waals surface area contributed by atoms with Crippen LogP contribution in [0.15, 0.2) is 34.7 Å². The van der Waals surface area contributed by atoms with E-state index in [2.05, 4.69) is 33.0 Å². The number of nitrogens with one attached hydrogen (secondary N) is 2. The van der Waals surface area contributed by atoms with Crippen molar-refractivity contribution in [1.82, 2.24) is 15.5 Å². The number of thioether (sulfide) groups is 1. The first-order valence-electron chi connectivity index (χ1n) is 8.88. The summed E-state index contributed by atoms with van der Waals surface area (Å²) in [5, 5.41) is 15.1. The fourth-order valence-corrected chi connectivity index (χ4v) is 4.59. The molecule has 1 aromatic carbocycles. The zero-order chi connectivity index (χ0) is 18.2. The quantitative estimate of drug-likeness (QED) is 0.639. The normalized spacial score (nSPS) is 17.8. The van der Waals surface area contributed by atoms with Gasteiger partial charge in [-0.3, -0.25) is 4.79 Å². The van der Waals surface area contributed by atoms with Crippen LogP contribution in [0, 0.1) is 0 Å². The Kier molecular flexibility index (Phi) is 7.28. The van der Waals surface area contributed by atoms with Crippen molar-refractivity contribution in [2.75, 3.05) is 25.0 Å². The van der Waals surface area contributed by atoms with Gasteiger partial charge in [-0.1, -0.05) is 53.4 Å². The molecule has 2 heterocycles. The molecule has 0 saturated carbocycles. The second kappa shape index (κ2) is 9.89. The molecule has 1 aliphatic heterocycles. The van der Waals surface area contributed by atoms with Gasteiger partial charge >= 0.3 is 0 Å². The molecule has 26 heavy (non-hydrogen) atoms. The number of hydrogen-bond donors (Lipinski definition) is 2. The van der Waals surface area contributed by atoms with Crippen LogP contribution in [-0.2, 0) is 16.0 Å². The minimum Gasteiger partial charge on any atom is -0.376 e. The number of amides is 1. The van der Waals surface area contributed by atoms with E-state index in [4.69, 9.17) is 4.74 Å². The molecule has 3 rings (SSSR count). The van der Waals surface area contributed by atoms with Crippen molar-refractivity contribution in [3.05, 3.63) is 35.9 Å². The number of nitrogens with zero attached hydrogens (tertiary/aromatic N) is 2. The van der Waals surface area contributed by atoms with E-state index in [1.807, 2.05) is 25.1 Å². The Labute approximate surface area is 162 Å². The topological polar surface area (TPSA) is 76.1 Å². The van der Waals surface area contributed by atoms with E-state index in [9.17, 15) is 4.79 Å². The van der Waals surface area contributed by atoms with Crippen molar-refractivity contribution in [3.63, 3.8) is 0 Å². The molecule has 0 aliphatic carbocycles. The first-order chi connectivity index (χ1) is 12.7. The van der Waals surface area contributed by atoms with Gasteiger partial charge in [0.15, 0.2) is 4.34 Å². The van der Waals surface area contributed by atoms with Gasteiger partial charge in [-0.05, 0) is 31.7 Å². The molecule has 0 spiro atoms. The lowest BCUT2D eigenvalue weighted by Gasteiger charge is -2.10. The zero-order valence-electron chi connectivity index (χ0n) is 14.8. The van der Waals surface area contributed by atoms with Gasteiger partial charge in [-0.15, -0.1) is 10.2 Å². The molecule has 1 amide bonds. The molecule has 1 aliphatic rings. The fourth-order valence-electron chi connectivity index (χ4n) is 2.66. The minimum atomic E-state index is -0.204. The van der Waals surface area contributed by atoms with Gasteiger partial charge in [-0.25, -0.2) is 0 Å². The molecular formula is C18H24N4O2S2. The molecule has 2 N–H and O–H groups in total. The van der Waals surface area contributed by atoms with Crippen molar-refractivity contribution in [2.45, 2.75) is 41.9 Å². The van der Waals surface area contributed by atoms with Crippen LogP contribution >= 0.6 is 23.1 Å². The number of anilines is 1. The first-order valence-corrected chi connectivity index (χ1v) is 10.6. The Hall–Kier alpha value is -1.64. The van der Waals surface area contributed by atoms with E-state index in [0.717, 1.165) is 41.9 Å². The van der Waals surface area contributed by atoms with Gasteiger partial charge in [0.1, 0.15) is 0 Å². The highest BCUT2D eigenvalue weighted by atomic mass is 32.2. The van der Waals surface area contributed by atoms with Crippen molar-refractivity contribution in [3.8, 4) is 0 Å². The molecule has 2 unspecified atom stereocenters. The second-order valence-electron chi connectivity index (χ2n) is 6.18. The lowest BCUT2D eigenvalue weighted by Crippen LogP contribution is -2.32. The highest BCUT2D eigenvalue weighted by Crippen LogP contribution is 2.29. The third-order valence-corrected chi connectivity index (χ3v) is 6.18. The third-order valence-electron chi connectivity index (χ3n) is 4.11. The minimum absolute atomic E-state index is 0.0231. The number of carbonyl (C=O) groups is 1. The third kappa shape index (κ3) is 5.96. The fraction of sp³-hybridized carbons (Fsp3) is 0.500. The largest absolute Gasteiger partial charge is 0.376 e. The Morgan fingerprint density at radius 1 is 1.38 bits per heavy atom. The predicted octanol–water partition coefficient (Wildman–Crippen LogP) is 2.97. The Bertz CT molecular complexity index is 690. The van der Waals surface area contributed by atoms with Crippen LogP contribution in [-0.4, -0.2) is 47.2 Å². The van der Waals surface area contributed by atoms with Crippen LogP contribution in [0.5, 0.6) is 0 Å². The molecule has 0 radical (unpaired) electrons. The zero-order valence-corrected chi connectivity index (χ0v) is 16.4. The second-order valence-corrected chi connectivity index (χ2v) is 8.74. The molecule has 0 bridgehead atoms. The maximum Gasteiger partial charge on any atom is 0.233 e. The Morgan fingerprint density at radius 3 is 3.00 bits per heavy atom. The van der Waals surface area contributed by atoms with Crippen LogP contribution in [0.1, 0.15) is 25.3 Å². The van der Waals surface area contributed by atoms with Crippen molar-refractivity contribution in [2.24, 2.45) is 0 Å². The van der Waals surface area contributed by atoms with Gasteiger partial charge in [0.25, 0.3) is 0 Å². The smallest absolute Gasteiger partial charge is 0.233 e. The van der Waals surface area contributed by atoms with Gasteiger partial charge in [-0.2, -0.15) is 0 Å². The van der Waals surface area contributed by atoms with Crippen LogP contribution in [0.4, 0.5) is 5.13 Å². The highest BCUT2D eigenvalue weighted by molar-refractivity contribution is 8.02. The standard InChI is InChI=1S/C18H24N4O2S2/c1-13(16(23)19-10-9-14-6-3-2-4-7-14)25-18-22-21-17(26-18)20-12-15-8-5-11-24-15/h2-4,6-7,13,15H,5,8-12H2,1H3,(H,19,23)(H,20,21). The molecule has 2 atom stereocenters. The summed E-state index contributed by atoms with van der Waals surface area (Å²) < 4.78 is 6.38. The summed E-state index contributed by atoms with van der Waals surface area (Å²) >= 11 is 2.92. The summed E-state index contributed by atoms with van der Waals surface area (Å²) in [7, 11) is 0. The van der Waals surface area contributed by atoms with Gasteiger partial charge in [0, 0.05) is 19.7 Å². The Morgan fingerprint density at radius 2 is 2.23 bits per heavy atom. The number of aromatic nitrogens is 2. The maximum absolute atomic E-state index is 12.2. The van der Waals surface area contributed by atoms with E-state index in [-0.39, 0.29) is 17.3 Å². The van der Waals surface area contributed by atoms with Gasteiger partial charge < -0.3 is 15.4 Å². The summed E-state index contributed by atoms with van der Waals surface area (Å²) in [6.07, 6.45) is 3.32. The number of rotatable bonds is 9. The summed E-state index contributed by atoms with van der Waals surface area (Å²) in [6.45, 7) is 4.14. The summed E-state index contributed by atoms with van der Waals surface area (Å²) in [4.78, 5) is 12.2. The predicted molar refractivity (Wildman–Crippen MR) is 106 cm³/mol. The van der Waals surface area contributed by atoms with E-state index in [1.54, 1.807) is 0 Å². The van der Waals surface area contributed by atoms with Gasteiger partial charge in [0.05, 0.1) is 11.4 Å². The summed E-state index contributed by atoms with van der Waals surface area (Å²) in [6, 6.07) is 10.1. The first kappa shape index (κ1) is 19.1. The molecule has 1 fully saturated rings.